The van der Waals surface area contributed by atoms with E-state index >= 15 is 0 Å². The first-order valence-corrected chi connectivity index (χ1v) is 10.5. The van der Waals surface area contributed by atoms with E-state index in [1.165, 1.54) is 36.7 Å². The normalized spacial score (nSPS) is 11.6. The lowest BCUT2D eigenvalue weighted by Crippen LogP contribution is -2.39. The number of carboxylic acids is 1. The zero-order chi connectivity index (χ0) is 22.3. The molecule has 0 aliphatic heterocycles. The summed E-state index contributed by atoms with van der Waals surface area (Å²) in [6.45, 7) is -0.668. The maximum absolute atomic E-state index is 13.0. The topological polar surface area (TPSA) is 129 Å². The zero-order valence-corrected chi connectivity index (χ0v) is 17.0. The first-order chi connectivity index (χ1) is 14.9. The highest BCUT2D eigenvalue weighted by Crippen LogP contribution is 2.18. The molecule has 0 aliphatic rings. The second-order valence-corrected chi connectivity index (χ2v) is 8.29. The lowest BCUT2D eigenvalue weighted by molar-refractivity contribution is -0.121. The van der Waals surface area contributed by atoms with Gasteiger partial charge in [-0.25, -0.2) is 18.6 Å². The molecule has 9 nitrogen and oxygen atoms in total. The average molecular weight is 441 g/mol. The summed E-state index contributed by atoms with van der Waals surface area (Å²) in [7, 11) is -3.98. The van der Waals surface area contributed by atoms with E-state index in [1.807, 2.05) is 0 Å². The molecule has 1 amide bonds. The third-order valence-electron chi connectivity index (χ3n) is 4.20. The van der Waals surface area contributed by atoms with Crippen molar-refractivity contribution in [1.82, 2.24) is 9.73 Å². The fourth-order valence-corrected chi connectivity index (χ4v) is 4.10. The molecule has 160 valence electrons. The van der Waals surface area contributed by atoms with Gasteiger partial charge in [-0.2, -0.15) is 9.41 Å². The van der Waals surface area contributed by atoms with Crippen LogP contribution in [-0.4, -0.2) is 42.5 Å². The van der Waals surface area contributed by atoms with Gasteiger partial charge < -0.3 is 9.52 Å². The number of benzene rings is 2. The minimum absolute atomic E-state index is 0.0200. The molecule has 1 heterocycles. The molecule has 2 N–H and O–H groups in total. The molecule has 10 heteroatoms. The fourth-order valence-electron chi connectivity index (χ4n) is 2.72. The van der Waals surface area contributed by atoms with E-state index in [1.54, 1.807) is 42.5 Å². The summed E-state index contributed by atoms with van der Waals surface area (Å²) in [6, 6.07) is 17.1. The Hall–Kier alpha value is -3.76. The number of hydrazone groups is 1. The van der Waals surface area contributed by atoms with Gasteiger partial charge in [0.1, 0.15) is 5.76 Å². The van der Waals surface area contributed by atoms with Crippen molar-refractivity contribution in [1.29, 1.82) is 0 Å². The summed E-state index contributed by atoms with van der Waals surface area (Å²) in [6.07, 6.45) is 2.59. The van der Waals surface area contributed by atoms with E-state index in [0.717, 1.165) is 4.31 Å². The number of carbonyl (C=O) groups is 2. The maximum Gasteiger partial charge on any atom is 0.336 e. The Labute approximate surface area is 178 Å². The summed E-state index contributed by atoms with van der Waals surface area (Å²) in [5.74, 6) is -1.46. The van der Waals surface area contributed by atoms with E-state index in [-0.39, 0.29) is 17.0 Å². The van der Waals surface area contributed by atoms with Gasteiger partial charge in [-0.3, -0.25) is 4.79 Å². The summed E-state index contributed by atoms with van der Waals surface area (Å²) in [5.41, 5.74) is 2.54. The molecule has 2 aromatic carbocycles. The van der Waals surface area contributed by atoms with Gasteiger partial charge in [-0.1, -0.05) is 36.4 Å². The minimum Gasteiger partial charge on any atom is -0.478 e. The van der Waals surface area contributed by atoms with Gasteiger partial charge in [0.2, 0.25) is 10.0 Å². The number of carboxylic acid groups (broad SMARTS) is 1. The van der Waals surface area contributed by atoms with Crippen LogP contribution in [0.25, 0.3) is 0 Å². The van der Waals surface area contributed by atoms with Gasteiger partial charge in [0.15, 0.2) is 0 Å². The summed E-state index contributed by atoms with van der Waals surface area (Å²) < 4.78 is 32.2. The highest BCUT2D eigenvalue weighted by molar-refractivity contribution is 7.89. The van der Waals surface area contributed by atoms with Gasteiger partial charge in [0.05, 0.1) is 36.0 Å². The molecular weight excluding hydrogens is 422 g/mol. The van der Waals surface area contributed by atoms with Crippen molar-refractivity contribution in [2.45, 2.75) is 11.4 Å². The Morgan fingerprint density at radius 2 is 1.74 bits per heavy atom. The lowest BCUT2D eigenvalue weighted by Gasteiger charge is -2.20. The van der Waals surface area contributed by atoms with Gasteiger partial charge in [0.25, 0.3) is 5.91 Å². The van der Waals surface area contributed by atoms with Crippen molar-refractivity contribution >= 4 is 28.1 Å². The molecule has 0 atom stereocenters. The van der Waals surface area contributed by atoms with Crippen LogP contribution in [-0.2, 0) is 21.4 Å². The molecule has 0 spiro atoms. The maximum atomic E-state index is 13.0. The lowest BCUT2D eigenvalue weighted by atomic mass is 10.1. The first-order valence-electron chi connectivity index (χ1n) is 9.10. The fraction of sp³-hybridized carbons (Fsp3) is 0.0952. The van der Waals surface area contributed by atoms with E-state index in [2.05, 4.69) is 10.5 Å². The third-order valence-corrected chi connectivity index (χ3v) is 6.00. The number of rotatable bonds is 9. The van der Waals surface area contributed by atoms with Crippen LogP contribution in [0, 0.1) is 0 Å². The van der Waals surface area contributed by atoms with Crippen LogP contribution in [0.5, 0.6) is 0 Å². The Balaban J connectivity index is 1.75. The average Bonchev–Trinajstić information content (AvgIpc) is 3.27. The predicted molar refractivity (Wildman–Crippen MR) is 112 cm³/mol. The van der Waals surface area contributed by atoms with Crippen molar-refractivity contribution < 1.29 is 27.5 Å². The molecule has 31 heavy (non-hydrogen) atoms. The SMILES string of the molecule is O=C(CN(Cc1ccco1)S(=O)(=O)c1ccccc1)N/N=C\c1ccccc1C(=O)O. The van der Waals surface area contributed by atoms with Crippen molar-refractivity contribution in [3.8, 4) is 0 Å². The largest absolute Gasteiger partial charge is 0.478 e. The second-order valence-electron chi connectivity index (χ2n) is 6.35. The van der Waals surface area contributed by atoms with Crippen LogP contribution < -0.4 is 5.43 Å². The Bertz CT molecular complexity index is 1170. The molecule has 0 unspecified atom stereocenters. The molecule has 3 rings (SSSR count). The number of carbonyl (C=O) groups excluding carboxylic acids is 1. The number of nitrogens with zero attached hydrogens (tertiary/aromatic N) is 2. The van der Waals surface area contributed by atoms with E-state index < -0.39 is 28.4 Å². The molecule has 0 bridgehead atoms. The molecule has 0 aliphatic carbocycles. The molecule has 0 saturated heterocycles. The first kappa shape index (κ1) is 21.9. The van der Waals surface area contributed by atoms with Gasteiger partial charge >= 0.3 is 5.97 Å². The van der Waals surface area contributed by atoms with Crippen LogP contribution in [0.15, 0.2) is 87.4 Å². The Morgan fingerprint density at radius 3 is 2.42 bits per heavy atom. The number of sulfonamides is 1. The summed E-state index contributed by atoms with van der Waals surface area (Å²) >= 11 is 0. The number of hydrogen-bond donors (Lipinski definition) is 2. The van der Waals surface area contributed by atoms with Crippen LogP contribution in [0.2, 0.25) is 0 Å². The van der Waals surface area contributed by atoms with Crippen molar-refractivity contribution in [3.63, 3.8) is 0 Å². The second kappa shape index (κ2) is 9.83. The van der Waals surface area contributed by atoms with Gasteiger partial charge in [0, 0.05) is 5.56 Å². The quantitative estimate of drug-likeness (QED) is 0.387. The van der Waals surface area contributed by atoms with Crippen molar-refractivity contribution in [3.05, 3.63) is 89.9 Å². The molecule has 1 aromatic heterocycles. The number of nitrogens with one attached hydrogen (secondary N) is 1. The van der Waals surface area contributed by atoms with E-state index in [9.17, 15) is 23.1 Å². The van der Waals surface area contributed by atoms with E-state index in [0.29, 0.717) is 11.3 Å². The highest BCUT2D eigenvalue weighted by Gasteiger charge is 2.27. The number of amides is 1. The number of aromatic carboxylic acids is 1. The van der Waals surface area contributed by atoms with Crippen molar-refractivity contribution in [2.75, 3.05) is 6.54 Å². The summed E-state index contributed by atoms with van der Waals surface area (Å²) in [4.78, 5) is 23.7. The monoisotopic (exact) mass is 441 g/mol. The van der Waals surface area contributed by atoms with Crippen LogP contribution in [0.3, 0.4) is 0 Å². The highest BCUT2D eigenvalue weighted by atomic mass is 32.2. The Morgan fingerprint density at radius 1 is 1.03 bits per heavy atom. The molecular formula is C21H19N3O6S. The molecule has 0 radical (unpaired) electrons. The summed E-state index contributed by atoms with van der Waals surface area (Å²) in [5, 5.41) is 12.9. The molecule has 0 saturated carbocycles. The third kappa shape index (κ3) is 5.65. The molecule has 3 aromatic rings. The zero-order valence-electron chi connectivity index (χ0n) is 16.2. The standard InChI is InChI=1S/C21H19N3O6S/c25-20(23-22-13-16-7-4-5-11-19(16)21(26)27)15-24(14-17-8-6-12-30-17)31(28,29)18-9-2-1-3-10-18/h1-13H,14-15H2,(H,23,25)(H,26,27)/b22-13-. The number of furan rings is 1. The smallest absolute Gasteiger partial charge is 0.336 e. The van der Waals surface area contributed by atoms with Crippen LogP contribution in [0.1, 0.15) is 21.7 Å². The van der Waals surface area contributed by atoms with Crippen molar-refractivity contribution in [2.24, 2.45) is 5.10 Å². The molecule has 0 fully saturated rings. The Kier molecular flexibility index (Phi) is 6.96. The van der Waals surface area contributed by atoms with E-state index in [4.69, 9.17) is 4.42 Å². The van der Waals surface area contributed by atoms with Crippen LogP contribution >= 0.6 is 0 Å². The minimum atomic E-state index is -3.98. The predicted octanol–water partition coefficient (Wildman–Crippen LogP) is 2.32. The van der Waals surface area contributed by atoms with Gasteiger partial charge in [-0.15, -0.1) is 0 Å². The van der Waals surface area contributed by atoms with Gasteiger partial charge in [-0.05, 0) is 30.3 Å². The van der Waals surface area contributed by atoms with Crippen LogP contribution in [0.4, 0.5) is 0 Å². The number of hydrogen-bond acceptors (Lipinski definition) is 6.